The third-order valence-electron chi connectivity index (χ3n) is 6.92. The molecule has 196 valence electrons. The van der Waals surface area contributed by atoms with Crippen LogP contribution in [-0.2, 0) is 19.1 Å². The highest BCUT2D eigenvalue weighted by molar-refractivity contribution is 5.78. The smallest absolute Gasteiger partial charge is 0.323 e. The van der Waals surface area contributed by atoms with Gasteiger partial charge in [-0.15, -0.1) is 0 Å². The van der Waals surface area contributed by atoms with Crippen molar-refractivity contribution in [1.82, 2.24) is 5.32 Å². The van der Waals surface area contributed by atoms with E-state index in [0.29, 0.717) is 12.8 Å². The predicted molar refractivity (Wildman–Crippen MR) is 141 cm³/mol. The number of hydrogen-bond donors (Lipinski definition) is 1. The first kappa shape index (κ1) is 30.4. The summed E-state index contributed by atoms with van der Waals surface area (Å²) in [5.74, 6) is -0.165. The van der Waals surface area contributed by atoms with Crippen LogP contribution < -0.4 is 5.32 Å². The molecule has 5 atom stereocenters. The van der Waals surface area contributed by atoms with Crippen molar-refractivity contribution >= 4 is 11.9 Å². The van der Waals surface area contributed by atoms with Crippen LogP contribution in [0, 0.1) is 11.8 Å². The number of esters is 2. The van der Waals surface area contributed by atoms with Crippen molar-refractivity contribution in [1.29, 1.82) is 0 Å². The Morgan fingerprint density at radius 1 is 1.03 bits per heavy atom. The van der Waals surface area contributed by atoms with Crippen LogP contribution in [0.15, 0.2) is 24.3 Å². The van der Waals surface area contributed by atoms with E-state index in [2.05, 4.69) is 57.3 Å². The maximum Gasteiger partial charge on any atom is 0.323 e. The summed E-state index contributed by atoms with van der Waals surface area (Å²) in [4.78, 5) is 25.0. The van der Waals surface area contributed by atoms with Gasteiger partial charge in [0.05, 0.1) is 5.92 Å². The molecule has 1 saturated heterocycles. The van der Waals surface area contributed by atoms with Gasteiger partial charge in [0.1, 0.15) is 18.2 Å². The number of nitrogens with one attached hydrogen (secondary N) is 1. The minimum atomic E-state index is -0.323. The zero-order valence-electron chi connectivity index (χ0n) is 22.5. The molecule has 0 aliphatic carbocycles. The summed E-state index contributed by atoms with van der Waals surface area (Å²) in [6, 6.07) is -0.323. The minimum Gasteiger partial charge on any atom is -0.461 e. The fraction of sp³-hybridized carbons (Fsp3) is 0.793. The quantitative estimate of drug-likeness (QED) is 0.117. The second-order valence-electron chi connectivity index (χ2n) is 9.79. The molecule has 0 bridgehead atoms. The van der Waals surface area contributed by atoms with Gasteiger partial charge in [-0.1, -0.05) is 96.9 Å². The molecule has 0 aromatic carbocycles. The second-order valence-corrected chi connectivity index (χ2v) is 9.79. The second kappa shape index (κ2) is 18.7. The van der Waals surface area contributed by atoms with E-state index < -0.39 is 0 Å². The monoisotopic (exact) mass is 477 g/mol. The predicted octanol–water partition coefficient (Wildman–Crippen LogP) is 6.91. The first-order chi connectivity index (χ1) is 16.5. The van der Waals surface area contributed by atoms with E-state index in [9.17, 15) is 9.59 Å². The number of allylic oxidation sites excluding steroid dienone is 3. The average Bonchev–Trinajstić information content (AvgIpc) is 2.82. The molecule has 1 fully saturated rings. The van der Waals surface area contributed by atoms with Crippen LogP contribution in [0.3, 0.4) is 0 Å². The van der Waals surface area contributed by atoms with E-state index >= 15 is 0 Å². The van der Waals surface area contributed by atoms with Gasteiger partial charge in [-0.05, 0) is 38.6 Å². The Morgan fingerprint density at radius 2 is 1.74 bits per heavy atom. The number of ether oxygens (including phenoxy) is 2. The number of cyclic esters (lactones) is 1. The van der Waals surface area contributed by atoms with Crippen LogP contribution in [0.2, 0.25) is 0 Å². The number of carbonyl (C=O) groups excluding carboxylic acids is 2. The van der Waals surface area contributed by atoms with Gasteiger partial charge < -0.3 is 14.8 Å². The van der Waals surface area contributed by atoms with Crippen molar-refractivity contribution in [3.8, 4) is 0 Å². The van der Waals surface area contributed by atoms with Gasteiger partial charge in [-0.3, -0.25) is 9.59 Å². The third-order valence-corrected chi connectivity index (χ3v) is 6.92. The normalized spacial score (nSPS) is 20.8. The largest absolute Gasteiger partial charge is 0.461 e. The zero-order chi connectivity index (χ0) is 25.2. The van der Waals surface area contributed by atoms with Gasteiger partial charge in [0.2, 0.25) is 0 Å². The van der Waals surface area contributed by atoms with Crippen LogP contribution in [0.1, 0.15) is 111 Å². The molecular weight excluding hydrogens is 426 g/mol. The Kier molecular flexibility index (Phi) is 16.7. The number of carbonyl (C=O) groups is 2. The molecule has 0 spiro atoms. The van der Waals surface area contributed by atoms with Crippen LogP contribution in [0.25, 0.3) is 0 Å². The molecule has 0 amide bonds. The molecule has 1 rings (SSSR count). The number of likely N-dealkylation sites (N-methyl/N-ethyl adjacent to an activating group) is 1. The Morgan fingerprint density at radius 3 is 2.38 bits per heavy atom. The summed E-state index contributed by atoms with van der Waals surface area (Å²) in [5, 5.41) is 3.11. The summed E-state index contributed by atoms with van der Waals surface area (Å²) in [5.41, 5.74) is 0. The zero-order valence-corrected chi connectivity index (χ0v) is 22.5. The standard InChI is InChI=1S/C29H51NO4/c1-6-9-11-13-14-15-16-17-18-20-24(33-29(32)27(30-5)23(4)8-3)22-26-25(28(31)34-26)21-19-12-10-7-2/h14-15,17-18,23-27,30H,6-13,16,19-22H2,1-5H3/b15-14+,18-17+/t23-,24-,25-,26+,27+/m1/s1. The molecule has 0 saturated carbocycles. The van der Waals surface area contributed by atoms with E-state index in [1.54, 1.807) is 7.05 Å². The Hall–Kier alpha value is -1.62. The van der Waals surface area contributed by atoms with Crippen molar-refractivity contribution in [2.75, 3.05) is 7.05 Å². The maximum atomic E-state index is 12.9. The average molecular weight is 478 g/mol. The lowest BCUT2D eigenvalue weighted by Gasteiger charge is -2.37. The molecular formula is C29H51NO4. The first-order valence-electron chi connectivity index (χ1n) is 13.9. The van der Waals surface area contributed by atoms with Crippen molar-refractivity contribution in [3.05, 3.63) is 24.3 Å². The molecule has 1 aliphatic heterocycles. The molecule has 1 aliphatic rings. The van der Waals surface area contributed by atoms with Gasteiger partial charge in [0, 0.05) is 12.8 Å². The van der Waals surface area contributed by atoms with E-state index in [0.717, 1.165) is 38.5 Å². The van der Waals surface area contributed by atoms with E-state index in [-0.39, 0.29) is 42.0 Å². The summed E-state index contributed by atoms with van der Waals surface area (Å²) >= 11 is 0. The van der Waals surface area contributed by atoms with E-state index in [1.807, 2.05) is 0 Å². The lowest BCUT2D eigenvalue weighted by molar-refractivity contribution is -0.190. The topological polar surface area (TPSA) is 64.6 Å². The third kappa shape index (κ3) is 11.7. The molecule has 34 heavy (non-hydrogen) atoms. The Labute approximate surface area is 209 Å². The summed E-state index contributed by atoms with van der Waals surface area (Å²) in [6.45, 7) is 8.54. The summed E-state index contributed by atoms with van der Waals surface area (Å²) in [6.07, 6.45) is 21.6. The summed E-state index contributed by atoms with van der Waals surface area (Å²) < 4.78 is 11.5. The van der Waals surface area contributed by atoms with Gasteiger partial charge in [-0.2, -0.15) is 0 Å². The highest BCUT2D eigenvalue weighted by atomic mass is 16.6. The Balaban J connectivity index is 2.67. The molecule has 0 unspecified atom stereocenters. The number of unbranched alkanes of at least 4 members (excludes halogenated alkanes) is 6. The van der Waals surface area contributed by atoms with Gasteiger partial charge in [0.25, 0.3) is 0 Å². The molecule has 1 N–H and O–H groups in total. The van der Waals surface area contributed by atoms with Crippen LogP contribution in [-0.4, -0.2) is 37.2 Å². The minimum absolute atomic E-state index is 0.0530. The molecule has 5 nitrogen and oxygen atoms in total. The SMILES string of the molecule is CCCCC/C=C/C/C=C/C[C@H](C[C@@H]1OC(=O)[C@@H]1CCCCCC)OC(=O)[C@@H](NC)[C@H](C)CC. The van der Waals surface area contributed by atoms with Crippen molar-refractivity contribution in [2.24, 2.45) is 11.8 Å². The fourth-order valence-corrected chi connectivity index (χ4v) is 4.41. The number of rotatable bonds is 20. The Bertz CT molecular complexity index is 615. The molecule has 1 heterocycles. The molecule has 0 aromatic rings. The van der Waals surface area contributed by atoms with E-state index in [4.69, 9.17) is 9.47 Å². The van der Waals surface area contributed by atoms with Crippen molar-refractivity contribution in [2.45, 2.75) is 129 Å². The lowest BCUT2D eigenvalue weighted by atomic mass is 9.87. The molecule has 0 radical (unpaired) electrons. The highest BCUT2D eigenvalue weighted by Crippen LogP contribution is 2.32. The molecule has 0 aromatic heterocycles. The van der Waals surface area contributed by atoms with Crippen LogP contribution in [0.4, 0.5) is 0 Å². The number of hydrogen-bond acceptors (Lipinski definition) is 5. The lowest BCUT2D eigenvalue weighted by Crippen LogP contribution is -2.48. The van der Waals surface area contributed by atoms with E-state index in [1.165, 1.54) is 32.1 Å². The first-order valence-corrected chi connectivity index (χ1v) is 13.9. The molecule has 5 heteroatoms. The maximum absolute atomic E-state index is 12.9. The van der Waals surface area contributed by atoms with Crippen molar-refractivity contribution < 1.29 is 19.1 Å². The summed E-state index contributed by atoms with van der Waals surface area (Å²) in [7, 11) is 1.81. The highest BCUT2D eigenvalue weighted by Gasteiger charge is 2.43. The van der Waals surface area contributed by atoms with Crippen LogP contribution in [0.5, 0.6) is 0 Å². The van der Waals surface area contributed by atoms with Crippen molar-refractivity contribution in [3.63, 3.8) is 0 Å². The van der Waals surface area contributed by atoms with Gasteiger partial charge in [0.15, 0.2) is 0 Å². The van der Waals surface area contributed by atoms with Gasteiger partial charge >= 0.3 is 11.9 Å². The van der Waals surface area contributed by atoms with Gasteiger partial charge in [-0.25, -0.2) is 0 Å². The fourth-order valence-electron chi connectivity index (χ4n) is 4.41. The van der Waals surface area contributed by atoms with Crippen LogP contribution >= 0.6 is 0 Å².